The van der Waals surface area contributed by atoms with E-state index in [4.69, 9.17) is 4.42 Å². The Bertz CT molecular complexity index is 311. The second-order valence-corrected chi connectivity index (χ2v) is 3.25. The van der Waals surface area contributed by atoms with Crippen LogP contribution in [0.1, 0.15) is 16.1 Å². The lowest BCUT2D eigenvalue weighted by Crippen LogP contribution is -2.25. The monoisotopic (exact) mass is 249 g/mol. The third-order valence-corrected chi connectivity index (χ3v) is 1.90. The van der Waals surface area contributed by atoms with Crippen molar-refractivity contribution in [2.75, 3.05) is 13.2 Å². The standard InChI is InChI=1S/C8H9BrFNO2/c1-5-6(4-7(9)13-5)8(12)11-3-2-10/h4H,2-3H2,1H3,(H,11,12). The van der Waals surface area contributed by atoms with Crippen molar-refractivity contribution in [2.24, 2.45) is 0 Å². The summed E-state index contributed by atoms with van der Waals surface area (Å²) in [6.45, 7) is 1.14. The predicted octanol–water partition coefficient (Wildman–Crippen LogP) is 2.05. The molecule has 1 aromatic heterocycles. The lowest BCUT2D eigenvalue weighted by atomic mass is 10.2. The SMILES string of the molecule is Cc1oc(Br)cc1C(=O)NCCF. The molecule has 13 heavy (non-hydrogen) atoms. The van der Waals surface area contributed by atoms with Gasteiger partial charge in [-0.15, -0.1) is 0 Å². The highest BCUT2D eigenvalue weighted by molar-refractivity contribution is 9.10. The quantitative estimate of drug-likeness (QED) is 0.891. The highest BCUT2D eigenvalue weighted by atomic mass is 79.9. The molecule has 0 saturated carbocycles. The largest absolute Gasteiger partial charge is 0.454 e. The molecule has 0 aliphatic heterocycles. The first-order valence-corrected chi connectivity index (χ1v) is 4.54. The lowest BCUT2D eigenvalue weighted by molar-refractivity contribution is 0.0949. The van der Waals surface area contributed by atoms with E-state index in [2.05, 4.69) is 21.2 Å². The van der Waals surface area contributed by atoms with Crippen molar-refractivity contribution in [2.45, 2.75) is 6.92 Å². The van der Waals surface area contributed by atoms with Gasteiger partial charge in [-0.05, 0) is 22.9 Å². The Kier molecular flexibility index (Phi) is 3.48. The summed E-state index contributed by atoms with van der Waals surface area (Å²) >= 11 is 3.10. The van der Waals surface area contributed by atoms with Crippen LogP contribution >= 0.6 is 15.9 Å². The number of halogens is 2. The molecule has 0 radical (unpaired) electrons. The van der Waals surface area contributed by atoms with Crippen LogP contribution in [-0.2, 0) is 0 Å². The van der Waals surface area contributed by atoms with Crippen LogP contribution in [0.3, 0.4) is 0 Å². The van der Waals surface area contributed by atoms with E-state index in [1.165, 1.54) is 0 Å². The van der Waals surface area contributed by atoms with Crippen LogP contribution in [0, 0.1) is 6.92 Å². The van der Waals surface area contributed by atoms with E-state index >= 15 is 0 Å². The van der Waals surface area contributed by atoms with Crippen molar-refractivity contribution in [1.82, 2.24) is 5.32 Å². The number of alkyl halides is 1. The predicted molar refractivity (Wildman–Crippen MR) is 49.5 cm³/mol. The minimum absolute atomic E-state index is 0.0288. The van der Waals surface area contributed by atoms with Crippen LogP contribution in [0.25, 0.3) is 0 Å². The molecule has 5 heteroatoms. The highest BCUT2D eigenvalue weighted by Crippen LogP contribution is 2.19. The molecule has 0 bridgehead atoms. The summed E-state index contributed by atoms with van der Waals surface area (Å²) < 4.78 is 17.3. The zero-order chi connectivity index (χ0) is 9.84. The number of carbonyl (C=O) groups excluding carboxylic acids is 1. The minimum Gasteiger partial charge on any atom is -0.454 e. The smallest absolute Gasteiger partial charge is 0.254 e. The third kappa shape index (κ3) is 2.55. The van der Waals surface area contributed by atoms with Gasteiger partial charge >= 0.3 is 0 Å². The number of nitrogens with one attached hydrogen (secondary N) is 1. The topological polar surface area (TPSA) is 42.2 Å². The molecule has 1 N–H and O–H groups in total. The number of aryl methyl sites for hydroxylation is 1. The van der Waals surface area contributed by atoms with Crippen LogP contribution < -0.4 is 5.32 Å². The number of carbonyl (C=O) groups is 1. The van der Waals surface area contributed by atoms with Crippen molar-refractivity contribution in [3.05, 3.63) is 22.1 Å². The van der Waals surface area contributed by atoms with Gasteiger partial charge in [-0.2, -0.15) is 0 Å². The Balaban J connectivity index is 2.70. The number of rotatable bonds is 3. The summed E-state index contributed by atoms with van der Waals surface area (Å²) in [7, 11) is 0. The molecule has 1 heterocycles. The molecule has 0 atom stereocenters. The molecule has 1 aromatic rings. The van der Waals surface area contributed by atoms with Gasteiger partial charge in [0.1, 0.15) is 12.4 Å². The van der Waals surface area contributed by atoms with Crippen LogP contribution in [0.5, 0.6) is 0 Å². The summed E-state index contributed by atoms with van der Waals surface area (Å²) in [5, 5.41) is 2.41. The summed E-state index contributed by atoms with van der Waals surface area (Å²) in [4.78, 5) is 11.3. The summed E-state index contributed by atoms with van der Waals surface area (Å²) in [6, 6.07) is 1.56. The highest BCUT2D eigenvalue weighted by Gasteiger charge is 2.12. The molecule has 0 spiro atoms. The lowest BCUT2D eigenvalue weighted by Gasteiger charge is -1.99. The molecule has 0 aliphatic carbocycles. The maximum absolute atomic E-state index is 11.7. The van der Waals surface area contributed by atoms with Crippen LogP contribution in [-0.4, -0.2) is 19.1 Å². The zero-order valence-electron chi connectivity index (χ0n) is 7.06. The fourth-order valence-electron chi connectivity index (χ4n) is 0.927. The molecule has 0 saturated heterocycles. The Morgan fingerprint density at radius 3 is 2.92 bits per heavy atom. The number of furan rings is 1. The Morgan fingerprint density at radius 2 is 2.46 bits per heavy atom. The molecule has 3 nitrogen and oxygen atoms in total. The van der Waals surface area contributed by atoms with E-state index in [0.717, 1.165) is 0 Å². The maximum Gasteiger partial charge on any atom is 0.254 e. The second-order valence-electron chi connectivity index (χ2n) is 2.47. The molecule has 72 valence electrons. The minimum atomic E-state index is -0.566. The van der Waals surface area contributed by atoms with Gasteiger partial charge in [0.05, 0.1) is 5.56 Å². The number of hydrogen-bond donors (Lipinski definition) is 1. The van der Waals surface area contributed by atoms with Crippen molar-refractivity contribution in [1.29, 1.82) is 0 Å². The van der Waals surface area contributed by atoms with Crippen LogP contribution in [0.4, 0.5) is 4.39 Å². The Labute approximate surface area is 83.4 Å². The molecule has 0 unspecified atom stereocenters. The fraction of sp³-hybridized carbons (Fsp3) is 0.375. The van der Waals surface area contributed by atoms with Gasteiger partial charge in [0.15, 0.2) is 4.67 Å². The fourth-order valence-corrected chi connectivity index (χ4v) is 1.40. The zero-order valence-corrected chi connectivity index (χ0v) is 8.65. The van der Waals surface area contributed by atoms with Crippen molar-refractivity contribution < 1.29 is 13.6 Å². The van der Waals surface area contributed by atoms with E-state index in [1.54, 1.807) is 13.0 Å². The first-order chi connectivity index (χ1) is 6.15. The van der Waals surface area contributed by atoms with E-state index in [9.17, 15) is 9.18 Å². The Hall–Kier alpha value is -0.840. The average Bonchev–Trinajstić information content (AvgIpc) is 2.41. The summed E-state index contributed by atoms with van der Waals surface area (Å²) in [6.07, 6.45) is 0. The average molecular weight is 250 g/mol. The number of amides is 1. The molecular weight excluding hydrogens is 241 g/mol. The normalized spacial score (nSPS) is 10.1. The third-order valence-electron chi connectivity index (χ3n) is 1.51. The van der Waals surface area contributed by atoms with Crippen molar-refractivity contribution >= 4 is 21.8 Å². The van der Waals surface area contributed by atoms with Gasteiger partial charge in [-0.25, -0.2) is 4.39 Å². The molecule has 1 rings (SSSR count). The van der Waals surface area contributed by atoms with E-state index in [0.29, 0.717) is 16.0 Å². The van der Waals surface area contributed by atoms with Crippen LogP contribution in [0.2, 0.25) is 0 Å². The molecule has 0 fully saturated rings. The molecular formula is C8H9BrFNO2. The second kappa shape index (κ2) is 4.41. The first-order valence-electron chi connectivity index (χ1n) is 3.75. The van der Waals surface area contributed by atoms with Gasteiger partial charge in [0, 0.05) is 12.6 Å². The first kappa shape index (κ1) is 10.2. The number of hydrogen-bond acceptors (Lipinski definition) is 2. The summed E-state index contributed by atoms with van der Waals surface area (Å²) in [5.74, 6) is 0.202. The van der Waals surface area contributed by atoms with Gasteiger partial charge in [0.25, 0.3) is 5.91 Å². The Morgan fingerprint density at radius 1 is 1.77 bits per heavy atom. The van der Waals surface area contributed by atoms with Gasteiger partial charge in [-0.3, -0.25) is 4.79 Å². The van der Waals surface area contributed by atoms with E-state index < -0.39 is 6.67 Å². The molecule has 0 aromatic carbocycles. The molecule has 1 amide bonds. The maximum atomic E-state index is 11.7. The summed E-state index contributed by atoms with van der Waals surface area (Å²) in [5.41, 5.74) is 0.431. The van der Waals surface area contributed by atoms with E-state index in [1.807, 2.05) is 0 Å². The van der Waals surface area contributed by atoms with Gasteiger partial charge < -0.3 is 9.73 Å². The van der Waals surface area contributed by atoms with Gasteiger partial charge in [-0.1, -0.05) is 0 Å². The van der Waals surface area contributed by atoms with Crippen LogP contribution in [0.15, 0.2) is 15.2 Å². The van der Waals surface area contributed by atoms with Gasteiger partial charge in [0.2, 0.25) is 0 Å². The molecule has 0 aliphatic rings. The van der Waals surface area contributed by atoms with E-state index in [-0.39, 0.29) is 12.5 Å². The van der Waals surface area contributed by atoms with Crippen molar-refractivity contribution in [3.63, 3.8) is 0 Å². The van der Waals surface area contributed by atoms with Crippen molar-refractivity contribution in [3.8, 4) is 0 Å².